The van der Waals surface area contributed by atoms with E-state index in [9.17, 15) is 4.79 Å². The number of carbonyl (C=O) groups excluding carboxylic acids is 1. The number of nitrogens with one attached hydrogen (secondary N) is 2. The SMILES string of the molecule is CC1CCNC(=O)C1CNc1nc(-c2cccnc2)nc2c1CCC2. The molecule has 1 saturated heterocycles. The van der Waals surface area contributed by atoms with Crippen LogP contribution in [0.15, 0.2) is 24.5 Å². The van der Waals surface area contributed by atoms with E-state index in [1.54, 1.807) is 12.4 Å². The summed E-state index contributed by atoms with van der Waals surface area (Å²) < 4.78 is 0. The van der Waals surface area contributed by atoms with Crippen LogP contribution in [-0.4, -0.2) is 33.9 Å². The highest BCUT2D eigenvalue weighted by Gasteiger charge is 2.29. The van der Waals surface area contributed by atoms with Crippen LogP contribution in [0.3, 0.4) is 0 Å². The maximum Gasteiger partial charge on any atom is 0.225 e. The number of piperidine rings is 1. The summed E-state index contributed by atoms with van der Waals surface area (Å²) in [5.74, 6) is 2.10. The first-order chi connectivity index (χ1) is 12.2. The van der Waals surface area contributed by atoms with E-state index in [4.69, 9.17) is 9.97 Å². The molecule has 0 bridgehead atoms. The van der Waals surface area contributed by atoms with Gasteiger partial charge in [0.05, 0.1) is 5.92 Å². The van der Waals surface area contributed by atoms with Crippen molar-refractivity contribution in [3.05, 3.63) is 35.8 Å². The van der Waals surface area contributed by atoms with Crippen molar-refractivity contribution in [2.75, 3.05) is 18.4 Å². The predicted molar refractivity (Wildman–Crippen MR) is 96.1 cm³/mol. The number of fused-ring (bicyclic) bond motifs is 1. The van der Waals surface area contributed by atoms with Gasteiger partial charge in [0.15, 0.2) is 5.82 Å². The summed E-state index contributed by atoms with van der Waals surface area (Å²) in [6.45, 7) is 3.55. The van der Waals surface area contributed by atoms with Gasteiger partial charge in [0.25, 0.3) is 0 Å². The highest BCUT2D eigenvalue weighted by molar-refractivity contribution is 5.80. The van der Waals surface area contributed by atoms with Gasteiger partial charge in [0.1, 0.15) is 5.82 Å². The van der Waals surface area contributed by atoms with Crippen LogP contribution in [0.2, 0.25) is 0 Å². The molecule has 1 amide bonds. The molecular formula is C19H23N5O. The smallest absolute Gasteiger partial charge is 0.225 e. The van der Waals surface area contributed by atoms with Gasteiger partial charge >= 0.3 is 0 Å². The molecule has 6 heteroatoms. The predicted octanol–water partition coefficient (Wildman–Crippen LogP) is 2.21. The molecule has 25 heavy (non-hydrogen) atoms. The van der Waals surface area contributed by atoms with Crippen molar-refractivity contribution < 1.29 is 4.79 Å². The van der Waals surface area contributed by atoms with Crippen molar-refractivity contribution in [1.82, 2.24) is 20.3 Å². The van der Waals surface area contributed by atoms with Crippen molar-refractivity contribution in [2.45, 2.75) is 32.6 Å². The Morgan fingerprint density at radius 3 is 3.04 bits per heavy atom. The summed E-state index contributed by atoms with van der Waals surface area (Å²) in [5.41, 5.74) is 3.25. The van der Waals surface area contributed by atoms with Gasteiger partial charge in [0, 0.05) is 42.3 Å². The van der Waals surface area contributed by atoms with E-state index in [0.717, 1.165) is 49.3 Å². The first-order valence-electron chi connectivity index (χ1n) is 9.04. The molecule has 130 valence electrons. The minimum Gasteiger partial charge on any atom is -0.369 e. The van der Waals surface area contributed by atoms with E-state index in [-0.39, 0.29) is 11.8 Å². The number of aryl methyl sites for hydroxylation is 1. The fraction of sp³-hybridized carbons (Fsp3) is 0.474. The second kappa shape index (κ2) is 6.78. The Morgan fingerprint density at radius 1 is 1.32 bits per heavy atom. The number of aromatic nitrogens is 3. The van der Waals surface area contributed by atoms with Crippen molar-refractivity contribution in [3.8, 4) is 11.4 Å². The maximum absolute atomic E-state index is 12.2. The van der Waals surface area contributed by atoms with Crippen molar-refractivity contribution in [3.63, 3.8) is 0 Å². The zero-order chi connectivity index (χ0) is 17.2. The molecule has 0 spiro atoms. The molecule has 0 radical (unpaired) electrons. The fourth-order valence-electron chi connectivity index (χ4n) is 3.72. The Morgan fingerprint density at radius 2 is 2.24 bits per heavy atom. The molecular weight excluding hydrogens is 314 g/mol. The second-order valence-corrected chi connectivity index (χ2v) is 6.96. The highest BCUT2D eigenvalue weighted by Crippen LogP contribution is 2.30. The molecule has 2 N–H and O–H groups in total. The van der Waals surface area contributed by atoms with Gasteiger partial charge in [-0.1, -0.05) is 6.92 Å². The standard InChI is InChI=1S/C19H23N5O/c1-12-7-9-21-19(25)15(12)11-22-18-14-5-2-6-16(14)23-17(24-18)13-4-3-8-20-10-13/h3-4,8,10,12,15H,2,5-7,9,11H2,1H3,(H,21,25)(H,22,23,24). The third kappa shape index (κ3) is 3.21. The molecule has 2 aliphatic rings. The first kappa shape index (κ1) is 16.0. The lowest BCUT2D eigenvalue weighted by Gasteiger charge is -2.28. The van der Waals surface area contributed by atoms with Crippen molar-refractivity contribution >= 4 is 11.7 Å². The monoisotopic (exact) mass is 337 g/mol. The zero-order valence-corrected chi connectivity index (χ0v) is 14.5. The van der Waals surface area contributed by atoms with Gasteiger partial charge in [-0.3, -0.25) is 9.78 Å². The fourth-order valence-corrected chi connectivity index (χ4v) is 3.72. The van der Waals surface area contributed by atoms with Crippen LogP contribution >= 0.6 is 0 Å². The molecule has 1 aliphatic carbocycles. The third-order valence-electron chi connectivity index (χ3n) is 5.26. The molecule has 0 aromatic carbocycles. The third-order valence-corrected chi connectivity index (χ3v) is 5.26. The van der Waals surface area contributed by atoms with Gasteiger partial charge < -0.3 is 10.6 Å². The van der Waals surface area contributed by atoms with Crippen LogP contribution < -0.4 is 10.6 Å². The van der Waals surface area contributed by atoms with Crippen molar-refractivity contribution in [1.29, 1.82) is 0 Å². The Labute approximate surface area is 147 Å². The summed E-state index contributed by atoms with van der Waals surface area (Å²) in [6, 6.07) is 3.87. The van der Waals surface area contributed by atoms with Gasteiger partial charge in [0.2, 0.25) is 5.91 Å². The largest absolute Gasteiger partial charge is 0.369 e. The van der Waals surface area contributed by atoms with Gasteiger partial charge in [-0.2, -0.15) is 0 Å². The molecule has 1 fully saturated rings. The second-order valence-electron chi connectivity index (χ2n) is 6.96. The number of carbonyl (C=O) groups is 1. The quantitative estimate of drug-likeness (QED) is 0.894. The molecule has 2 unspecified atom stereocenters. The summed E-state index contributed by atoms with van der Waals surface area (Å²) >= 11 is 0. The number of hydrogen-bond acceptors (Lipinski definition) is 5. The molecule has 2 aromatic heterocycles. The molecule has 0 saturated carbocycles. The number of pyridine rings is 1. The normalized spacial score (nSPS) is 22.4. The lowest BCUT2D eigenvalue weighted by atomic mass is 9.87. The van der Waals surface area contributed by atoms with Crippen LogP contribution in [0.5, 0.6) is 0 Å². The minimum atomic E-state index is -0.0115. The lowest BCUT2D eigenvalue weighted by molar-refractivity contribution is -0.127. The molecule has 6 nitrogen and oxygen atoms in total. The van der Waals surface area contributed by atoms with E-state index in [1.807, 2.05) is 12.1 Å². The Kier molecular flexibility index (Phi) is 4.34. The lowest BCUT2D eigenvalue weighted by Crippen LogP contribution is -2.44. The zero-order valence-electron chi connectivity index (χ0n) is 14.5. The molecule has 2 aromatic rings. The highest BCUT2D eigenvalue weighted by atomic mass is 16.2. The van der Waals surface area contributed by atoms with E-state index in [0.29, 0.717) is 18.3 Å². The van der Waals surface area contributed by atoms with Gasteiger partial charge in [-0.15, -0.1) is 0 Å². The minimum absolute atomic E-state index is 0.0115. The Balaban J connectivity index is 1.60. The van der Waals surface area contributed by atoms with Gasteiger partial charge in [-0.25, -0.2) is 9.97 Å². The van der Waals surface area contributed by atoms with Crippen LogP contribution in [0, 0.1) is 11.8 Å². The average molecular weight is 337 g/mol. The number of nitrogens with zero attached hydrogens (tertiary/aromatic N) is 3. The van der Waals surface area contributed by atoms with E-state index < -0.39 is 0 Å². The first-order valence-corrected chi connectivity index (χ1v) is 9.04. The summed E-state index contributed by atoms with van der Waals surface area (Å²) in [7, 11) is 0. The Bertz CT molecular complexity index is 777. The number of anilines is 1. The van der Waals surface area contributed by atoms with E-state index in [1.165, 1.54) is 5.56 Å². The maximum atomic E-state index is 12.2. The topological polar surface area (TPSA) is 79.8 Å². The number of rotatable bonds is 4. The van der Waals surface area contributed by atoms with E-state index in [2.05, 4.69) is 22.5 Å². The van der Waals surface area contributed by atoms with Crippen LogP contribution in [-0.2, 0) is 17.6 Å². The van der Waals surface area contributed by atoms with Crippen LogP contribution in [0.1, 0.15) is 31.0 Å². The summed E-state index contributed by atoms with van der Waals surface area (Å²) in [4.78, 5) is 25.8. The summed E-state index contributed by atoms with van der Waals surface area (Å²) in [6.07, 6.45) is 7.66. The van der Waals surface area contributed by atoms with Gasteiger partial charge in [-0.05, 0) is 43.7 Å². The van der Waals surface area contributed by atoms with Crippen molar-refractivity contribution in [2.24, 2.45) is 11.8 Å². The molecule has 2 atom stereocenters. The number of amides is 1. The number of hydrogen-bond donors (Lipinski definition) is 2. The molecule has 1 aliphatic heterocycles. The molecule has 3 heterocycles. The summed E-state index contributed by atoms with van der Waals surface area (Å²) in [5, 5.41) is 6.42. The average Bonchev–Trinajstić information content (AvgIpc) is 3.10. The molecule has 4 rings (SSSR count). The van der Waals surface area contributed by atoms with E-state index >= 15 is 0 Å². The Hall–Kier alpha value is -2.50. The van der Waals surface area contributed by atoms with Crippen LogP contribution in [0.4, 0.5) is 5.82 Å². The van der Waals surface area contributed by atoms with Crippen LogP contribution in [0.25, 0.3) is 11.4 Å².